The van der Waals surface area contributed by atoms with Crippen molar-refractivity contribution in [3.8, 4) is 0 Å². The molecule has 0 saturated carbocycles. The van der Waals surface area contributed by atoms with E-state index >= 15 is 0 Å². The molecule has 1 atom stereocenters. The summed E-state index contributed by atoms with van der Waals surface area (Å²) in [6.45, 7) is 2.00. The second kappa shape index (κ2) is 8.61. The minimum Gasteiger partial charge on any atom is -0.466 e. The summed E-state index contributed by atoms with van der Waals surface area (Å²) in [7, 11) is 2.90. The fraction of sp³-hybridized carbons (Fsp3) is 0.273. The lowest BCUT2D eigenvalue weighted by Crippen LogP contribution is -2.47. The van der Waals surface area contributed by atoms with Crippen molar-refractivity contribution in [1.82, 2.24) is 10.2 Å². The van der Waals surface area contributed by atoms with Gasteiger partial charge in [0.25, 0.3) is 0 Å². The molecule has 2 aromatic rings. The zero-order valence-corrected chi connectivity index (χ0v) is 16.8. The molecule has 3 rings (SSSR count). The fourth-order valence-corrected chi connectivity index (χ4v) is 3.36. The van der Waals surface area contributed by atoms with E-state index in [2.05, 4.69) is 10.3 Å². The van der Waals surface area contributed by atoms with Gasteiger partial charge in [-0.15, -0.1) is 0 Å². The largest absolute Gasteiger partial charge is 0.466 e. The number of carbonyl (C=O) groups is 1. The molecule has 1 heterocycles. The molecule has 1 N–H and O–H groups in total. The summed E-state index contributed by atoms with van der Waals surface area (Å²) in [5.41, 5.74) is 0.645. The zero-order valence-electron chi connectivity index (χ0n) is 16.8. The van der Waals surface area contributed by atoms with E-state index in [9.17, 15) is 18.0 Å². The SMILES string of the molecule is COC(=O)C1=C(C)N(C)C(=NCc2ccccc2)NC1c1ccccc1C(F)(F)F. The van der Waals surface area contributed by atoms with E-state index in [0.29, 0.717) is 18.2 Å². The first kappa shape index (κ1) is 21.4. The molecule has 0 aromatic heterocycles. The van der Waals surface area contributed by atoms with Gasteiger partial charge in [0.05, 0.1) is 30.8 Å². The number of rotatable bonds is 4. The van der Waals surface area contributed by atoms with Gasteiger partial charge in [0.1, 0.15) is 0 Å². The van der Waals surface area contributed by atoms with Gasteiger partial charge in [0.2, 0.25) is 0 Å². The number of guanidine groups is 1. The Bertz CT molecular complexity index is 985. The van der Waals surface area contributed by atoms with Crippen LogP contribution in [0.15, 0.2) is 70.9 Å². The highest BCUT2D eigenvalue weighted by molar-refractivity contribution is 5.96. The van der Waals surface area contributed by atoms with Gasteiger partial charge < -0.3 is 15.0 Å². The van der Waals surface area contributed by atoms with Gasteiger partial charge in [0.15, 0.2) is 5.96 Å². The Morgan fingerprint density at radius 3 is 2.40 bits per heavy atom. The Morgan fingerprint density at radius 2 is 1.77 bits per heavy atom. The number of benzene rings is 2. The Balaban J connectivity index is 2.09. The van der Waals surface area contributed by atoms with Crippen LogP contribution in [-0.4, -0.2) is 31.0 Å². The highest BCUT2D eigenvalue weighted by Gasteiger charge is 2.40. The van der Waals surface area contributed by atoms with Gasteiger partial charge >= 0.3 is 12.1 Å². The number of ether oxygens (including phenoxy) is 1. The topological polar surface area (TPSA) is 53.9 Å². The number of carbonyl (C=O) groups excluding carboxylic acids is 1. The van der Waals surface area contributed by atoms with E-state index in [1.165, 1.54) is 25.3 Å². The fourth-order valence-electron chi connectivity index (χ4n) is 3.36. The molecular formula is C22H22F3N3O2. The molecule has 158 valence electrons. The average Bonchev–Trinajstić information content (AvgIpc) is 2.74. The molecule has 5 nitrogen and oxygen atoms in total. The van der Waals surface area contributed by atoms with Crippen molar-refractivity contribution in [1.29, 1.82) is 0 Å². The molecule has 0 saturated heterocycles. The predicted molar refractivity (Wildman–Crippen MR) is 107 cm³/mol. The lowest BCUT2D eigenvalue weighted by molar-refractivity contribution is -0.139. The molecule has 0 radical (unpaired) electrons. The summed E-state index contributed by atoms with van der Waals surface area (Å²) in [6, 6.07) is 13.6. The first-order chi connectivity index (χ1) is 14.2. The van der Waals surface area contributed by atoms with Crippen LogP contribution in [0.1, 0.15) is 29.7 Å². The summed E-state index contributed by atoms with van der Waals surface area (Å²) in [4.78, 5) is 18.7. The number of esters is 1. The second-order valence-corrected chi connectivity index (χ2v) is 6.84. The maximum absolute atomic E-state index is 13.7. The van der Waals surface area contributed by atoms with Crippen molar-refractivity contribution in [2.24, 2.45) is 4.99 Å². The number of hydrogen-bond acceptors (Lipinski definition) is 3. The van der Waals surface area contributed by atoms with Crippen LogP contribution in [0, 0.1) is 0 Å². The molecule has 8 heteroatoms. The zero-order chi connectivity index (χ0) is 21.9. The van der Waals surface area contributed by atoms with E-state index in [1.807, 2.05) is 30.3 Å². The molecule has 1 unspecified atom stereocenters. The molecule has 0 fully saturated rings. The highest BCUT2D eigenvalue weighted by Crippen LogP contribution is 2.39. The molecule has 0 spiro atoms. The maximum atomic E-state index is 13.7. The van der Waals surface area contributed by atoms with Crippen molar-refractivity contribution in [3.05, 3.63) is 82.6 Å². The standard InChI is InChI=1S/C22H22F3N3O2/c1-14-18(20(29)30-3)19(16-11-7-8-12-17(16)22(23,24)25)27-21(28(14)2)26-13-15-9-5-4-6-10-15/h4-12,19H,13H2,1-3H3,(H,26,27). The second-order valence-electron chi connectivity index (χ2n) is 6.84. The van der Waals surface area contributed by atoms with Crippen molar-refractivity contribution < 1.29 is 22.7 Å². The lowest BCUT2D eigenvalue weighted by atomic mass is 9.91. The summed E-state index contributed by atoms with van der Waals surface area (Å²) in [6.07, 6.45) is -4.57. The van der Waals surface area contributed by atoms with E-state index in [1.54, 1.807) is 18.9 Å². The van der Waals surface area contributed by atoms with E-state index < -0.39 is 23.8 Å². The molecule has 0 bridgehead atoms. The number of aliphatic imine (C=N–C) groups is 1. The molecule has 2 aromatic carbocycles. The van der Waals surface area contributed by atoms with Crippen LogP contribution in [0.3, 0.4) is 0 Å². The molecular weight excluding hydrogens is 395 g/mol. The summed E-state index contributed by atoms with van der Waals surface area (Å²) < 4.78 is 45.8. The van der Waals surface area contributed by atoms with Gasteiger partial charge in [0, 0.05) is 12.7 Å². The third-order valence-corrected chi connectivity index (χ3v) is 5.01. The number of alkyl halides is 3. The van der Waals surface area contributed by atoms with Gasteiger partial charge in [-0.3, -0.25) is 0 Å². The minimum atomic E-state index is -4.57. The van der Waals surface area contributed by atoms with Crippen LogP contribution in [-0.2, 0) is 22.3 Å². The number of nitrogens with zero attached hydrogens (tertiary/aromatic N) is 2. The van der Waals surface area contributed by atoms with Crippen molar-refractivity contribution in [3.63, 3.8) is 0 Å². The van der Waals surface area contributed by atoms with Crippen molar-refractivity contribution in [2.45, 2.75) is 25.7 Å². The highest BCUT2D eigenvalue weighted by atomic mass is 19.4. The normalized spacial score (nSPS) is 18.4. The third-order valence-electron chi connectivity index (χ3n) is 5.01. The molecule has 30 heavy (non-hydrogen) atoms. The lowest BCUT2D eigenvalue weighted by Gasteiger charge is -2.36. The Kier molecular flexibility index (Phi) is 6.14. The molecule has 1 aliphatic heterocycles. The number of hydrogen-bond donors (Lipinski definition) is 1. The van der Waals surface area contributed by atoms with E-state index in [-0.39, 0.29) is 11.1 Å². The molecule has 0 aliphatic carbocycles. The van der Waals surface area contributed by atoms with Crippen LogP contribution in [0.4, 0.5) is 13.2 Å². The smallest absolute Gasteiger partial charge is 0.416 e. The Morgan fingerprint density at radius 1 is 1.13 bits per heavy atom. The number of nitrogens with one attached hydrogen (secondary N) is 1. The van der Waals surface area contributed by atoms with Gasteiger partial charge in [-0.05, 0) is 24.1 Å². The average molecular weight is 417 g/mol. The van der Waals surface area contributed by atoms with Crippen LogP contribution >= 0.6 is 0 Å². The van der Waals surface area contributed by atoms with Crippen LogP contribution in [0.5, 0.6) is 0 Å². The molecule has 1 aliphatic rings. The Hall–Kier alpha value is -3.29. The van der Waals surface area contributed by atoms with Gasteiger partial charge in [-0.2, -0.15) is 13.2 Å². The quantitative estimate of drug-likeness (QED) is 0.755. The summed E-state index contributed by atoms with van der Waals surface area (Å²) >= 11 is 0. The number of methoxy groups -OCH3 is 1. The third kappa shape index (κ3) is 4.32. The van der Waals surface area contributed by atoms with E-state index in [4.69, 9.17) is 4.74 Å². The maximum Gasteiger partial charge on any atom is 0.416 e. The van der Waals surface area contributed by atoms with Crippen LogP contribution < -0.4 is 5.32 Å². The van der Waals surface area contributed by atoms with E-state index in [0.717, 1.165) is 11.6 Å². The molecule has 0 amide bonds. The van der Waals surface area contributed by atoms with Gasteiger partial charge in [-0.1, -0.05) is 48.5 Å². The van der Waals surface area contributed by atoms with Crippen LogP contribution in [0.25, 0.3) is 0 Å². The van der Waals surface area contributed by atoms with Crippen molar-refractivity contribution in [2.75, 3.05) is 14.2 Å². The number of halogens is 3. The summed E-state index contributed by atoms with van der Waals surface area (Å²) in [5, 5.41) is 3.02. The monoisotopic (exact) mass is 417 g/mol. The summed E-state index contributed by atoms with van der Waals surface area (Å²) in [5.74, 6) is -0.332. The first-order valence-electron chi connectivity index (χ1n) is 9.28. The van der Waals surface area contributed by atoms with Gasteiger partial charge in [-0.25, -0.2) is 9.79 Å². The first-order valence-corrected chi connectivity index (χ1v) is 9.28. The van der Waals surface area contributed by atoms with Crippen molar-refractivity contribution >= 4 is 11.9 Å². The predicted octanol–water partition coefficient (Wildman–Crippen LogP) is 4.28. The minimum absolute atomic E-state index is 0.0646. The van der Waals surface area contributed by atoms with Crippen LogP contribution in [0.2, 0.25) is 0 Å². The Labute approximate surface area is 172 Å². The number of allylic oxidation sites excluding steroid dienone is 1.